The van der Waals surface area contributed by atoms with Crippen molar-refractivity contribution in [3.05, 3.63) is 36.2 Å². The van der Waals surface area contributed by atoms with Crippen LogP contribution in [0.1, 0.15) is 66.0 Å². The van der Waals surface area contributed by atoms with Gasteiger partial charge in [-0.3, -0.25) is 4.79 Å². The van der Waals surface area contributed by atoms with Gasteiger partial charge >= 0.3 is 6.09 Å². The summed E-state index contributed by atoms with van der Waals surface area (Å²) in [5.74, 6) is 0.461. The average molecular weight is 413 g/mol. The number of hydrogen-bond acceptors (Lipinski definition) is 4. The van der Waals surface area contributed by atoms with Gasteiger partial charge in [0.15, 0.2) is 0 Å². The van der Waals surface area contributed by atoms with Crippen LogP contribution in [0.25, 0.3) is 11.3 Å². The van der Waals surface area contributed by atoms with Gasteiger partial charge in [-0.2, -0.15) is 0 Å². The molecule has 2 N–H and O–H groups in total. The lowest BCUT2D eigenvalue weighted by Gasteiger charge is -2.19. The van der Waals surface area contributed by atoms with Crippen molar-refractivity contribution in [3.8, 4) is 11.3 Å². The maximum absolute atomic E-state index is 12.5. The van der Waals surface area contributed by atoms with Crippen LogP contribution >= 0.6 is 0 Å². The Balaban J connectivity index is 1.85. The highest BCUT2D eigenvalue weighted by Gasteiger charge is 2.28. The van der Waals surface area contributed by atoms with E-state index < -0.39 is 17.1 Å². The first-order valence-corrected chi connectivity index (χ1v) is 10.4. The van der Waals surface area contributed by atoms with Gasteiger partial charge < -0.3 is 19.9 Å². The summed E-state index contributed by atoms with van der Waals surface area (Å²) in [4.78, 5) is 29.0. The van der Waals surface area contributed by atoms with Crippen molar-refractivity contribution < 1.29 is 14.3 Å². The normalized spacial score (nSPS) is 14.3. The van der Waals surface area contributed by atoms with Crippen molar-refractivity contribution in [1.29, 1.82) is 0 Å². The number of nitrogens with one attached hydrogen (secondary N) is 2. The minimum Gasteiger partial charge on any atom is -0.444 e. The number of anilines is 1. The Morgan fingerprint density at radius 2 is 1.90 bits per heavy atom. The van der Waals surface area contributed by atoms with E-state index in [1.807, 2.05) is 59.7 Å². The fourth-order valence-electron chi connectivity index (χ4n) is 3.00. The summed E-state index contributed by atoms with van der Waals surface area (Å²) in [7, 11) is 0. The maximum atomic E-state index is 12.5. The first-order chi connectivity index (χ1) is 13.9. The summed E-state index contributed by atoms with van der Waals surface area (Å²) in [6.45, 7) is 11.5. The molecule has 0 saturated heterocycles. The lowest BCUT2D eigenvalue weighted by molar-refractivity contribution is -0.123. The molecule has 0 aliphatic heterocycles. The third-order valence-corrected chi connectivity index (χ3v) is 4.68. The number of carbonyl (C=O) groups excluding carboxylic acids is 2. The number of nitrogens with zero attached hydrogens (tertiary/aromatic N) is 2. The van der Waals surface area contributed by atoms with Crippen molar-refractivity contribution in [2.45, 2.75) is 72.6 Å². The van der Waals surface area contributed by atoms with Gasteiger partial charge in [0.2, 0.25) is 5.91 Å². The topological polar surface area (TPSA) is 85.2 Å². The Kier molecular flexibility index (Phi) is 5.92. The minimum absolute atomic E-state index is 0.0845. The molecule has 7 heteroatoms. The molecule has 7 nitrogen and oxygen atoms in total. The molecule has 0 aromatic carbocycles. The third kappa shape index (κ3) is 5.62. The molecule has 1 saturated carbocycles. The maximum Gasteiger partial charge on any atom is 0.407 e. The zero-order valence-electron chi connectivity index (χ0n) is 18.7. The average Bonchev–Trinajstić information content (AvgIpc) is 3.38. The quantitative estimate of drug-likeness (QED) is 0.732. The van der Waals surface area contributed by atoms with Crippen LogP contribution in [0, 0.1) is 5.41 Å². The molecular formula is C23H32N4O3. The number of ether oxygens (including phenoxy) is 1. The molecule has 0 radical (unpaired) electrons. The van der Waals surface area contributed by atoms with Gasteiger partial charge in [-0.25, -0.2) is 9.78 Å². The predicted octanol–water partition coefficient (Wildman–Crippen LogP) is 4.89. The van der Waals surface area contributed by atoms with Crippen LogP contribution < -0.4 is 10.6 Å². The van der Waals surface area contributed by atoms with Gasteiger partial charge in [-0.05, 0) is 57.4 Å². The van der Waals surface area contributed by atoms with Crippen molar-refractivity contribution in [2.24, 2.45) is 5.41 Å². The number of pyridine rings is 1. The summed E-state index contributed by atoms with van der Waals surface area (Å²) >= 11 is 0. The molecule has 1 aliphatic rings. The van der Waals surface area contributed by atoms with Gasteiger partial charge in [0, 0.05) is 36.0 Å². The van der Waals surface area contributed by atoms with E-state index in [4.69, 9.17) is 4.74 Å². The molecule has 2 amide bonds. The molecule has 1 aliphatic carbocycles. The van der Waals surface area contributed by atoms with E-state index in [1.54, 1.807) is 6.20 Å². The summed E-state index contributed by atoms with van der Waals surface area (Å²) in [5, 5.41) is 5.78. The van der Waals surface area contributed by atoms with E-state index in [9.17, 15) is 9.59 Å². The van der Waals surface area contributed by atoms with Crippen molar-refractivity contribution in [3.63, 3.8) is 0 Å². The summed E-state index contributed by atoms with van der Waals surface area (Å²) < 4.78 is 7.54. The third-order valence-electron chi connectivity index (χ3n) is 4.68. The van der Waals surface area contributed by atoms with Gasteiger partial charge in [0.1, 0.15) is 11.4 Å². The molecule has 30 heavy (non-hydrogen) atoms. The molecule has 2 heterocycles. The predicted molar refractivity (Wildman–Crippen MR) is 117 cm³/mol. The lowest BCUT2D eigenvalue weighted by atomic mass is 9.95. The van der Waals surface area contributed by atoms with Gasteiger partial charge in [-0.1, -0.05) is 20.8 Å². The summed E-state index contributed by atoms with van der Waals surface area (Å²) in [5.41, 5.74) is 1.77. The van der Waals surface area contributed by atoms with Gasteiger partial charge in [0.25, 0.3) is 0 Å². The smallest absolute Gasteiger partial charge is 0.407 e. The summed E-state index contributed by atoms with van der Waals surface area (Å²) in [6, 6.07) is 6.30. The van der Waals surface area contributed by atoms with Crippen LogP contribution in [0.15, 0.2) is 30.6 Å². The fourth-order valence-corrected chi connectivity index (χ4v) is 3.00. The molecule has 1 fully saturated rings. The number of hydrogen-bond donors (Lipinski definition) is 2. The zero-order valence-corrected chi connectivity index (χ0v) is 18.7. The van der Waals surface area contributed by atoms with Crippen LogP contribution in [0.5, 0.6) is 0 Å². The second-order valence-corrected chi connectivity index (χ2v) is 9.83. The molecule has 0 spiro atoms. The molecule has 0 bridgehead atoms. The van der Waals surface area contributed by atoms with Crippen molar-refractivity contribution in [1.82, 2.24) is 14.9 Å². The molecule has 2 aromatic rings. The van der Waals surface area contributed by atoms with Crippen molar-refractivity contribution in [2.75, 3.05) is 5.32 Å². The van der Waals surface area contributed by atoms with E-state index in [-0.39, 0.29) is 5.91 Å². The van der Waals surface area contributed by atoms with E-state index >= 15 is 0 Å². The molecule has 0 unspecified atom stereocenters. The van der Waals surface area contributed by atoms with E-state index in [1.165, 1.54) is 0 Å². The van der Waals surface area contributed by atoms with E-state index in [0.717, 1.165) is 29.7 Å². The van der Waals surface area contributed by atoms with Crippen LogP contribution in [0.3, 0.4) is 0 Å². The minimum atomic E-state index is -0.537. The number of amides is 2. The number of aromatic nitrogens is 2. The van der Waals surface area contributed by atoms with E-state index in [2.05, 4.69) is 26.4 Å². The second-order valence-electron chi connectivity index (χ2n) is 9.83. The van der Waals surface area contributed by atoms with Gasteiger partial charge in [-0.15, -0.1) is 0 Å². The number of alkyl carbamates (subject to hydrolysis) is 1. The standard InChI is InChI=1S/C23H32N4O3/c1-22(2,3)20(28)26-19-17(8-7-11-24-19)18-12-15(14-27(18)16-9-10-16)13-25-21(29)30-23(4,5)6/h7-8,11-12,14,16H,9-10,13H2,1-6H3,(H,25,29)(H,24,26,28). The molecule has 2 aromatic heterocycles. The second kappa shape index (κ2) is 8.13. The van der Waals surface area contributed by atoms with Crippen LogP contribution in [0.4, 0.5) is 10.6 Å². The van der Waals surface area contributed by atoms with Gasteiger partial charge in [0.05, 0.1) is 5.69 Å². The first-order valence-electron chi connectivity index (χ1n) is 10.4. The molecule has 3 rings (SSSR count). The van der Waals surface area contributed by atoms with Crippen LogP contribution in [-0.4, -0.2) is 27.2 Å². The van der Waals surface area contributed by atoms with Crippen LogP contribution in [0.2, 0.25) is 0 Å². The lowest BCUT2D eigenvalue weighted by Crippen LogP contribution is -2.32. The first kappa shape index (κ1) is 21.9. The number of rotatable bonds is 5. The highest BCUT2D eigenvalue weighted by molar-refractivity contribution is 5.96. The Hall–Kier alpha value is -2.83. The highest BCUT2D eigenvalue weighted by Crippen LogP contribution is 2.41. The van der Waals surface area contributed by atoms with Crippen molar-refractivity contribution >= 4 is 17.8 Å². The van der Waals surface area contributed by atoms with E-state index in [0.29, 0.717) is 18.4 Å². The molecular weight excluding hydrogens is 380 g/mol. The van der Waals surface area contributed by atoms with Crippen LogP contribution in [-0.2, 0) is 16.1 Å². The highest BCUT2D eigenvalue weighted by atomic mass is 16.6. The summed E-state index contributed by atoms with van der Waals surface area (Å²) in [6.07, 6.45) is 5.53. The largest absolute Gasteiger partial charge is 0.444 e. The zero-order chi connectivity index (χ0) is 22.1. The fraction of sp³-hybridized carbons (Fsp3) is 0.522. The Morgan fingerprint density at radius 3 is 2.50 bits per heavy atom. The Morgan fingerprint density at radius 1 is 1.20 bits per heavy atom. The molecule has 0 atom stereocenters. The Bertz CT molecular complexity index is 931. The monoisotopic (exact) mass is 412 g/mol. The SMILES string of the molecule is CC(C)(C)OC(=O)NCc1cc(-c2cccnc2NC(=O)C(C)(C)C)n(C2CC2)c1. The number of carbonyl (C=O) groups is 2. The molecule has 162 valence electrons. The Labute approximate surface area is 178 Å².